The zero-order valence-electron chi connectivity index (χ0n) is 7.24. The largest absolute Gasteiger partial charge is 0.0812 e. The third kappa shape index (κ3) is 1.85. The second-order valence-electron chi connectivity index (χ2n) is 2.93. The van der Waals surface area contributed by atoms with Gasteiger partial charge < -0.3 is 0 Å². The molecule has 60 valence electrons. The summed E-state index contributed by atoms with van der Waals surface area (Å²) in [6, 6.07) is 4.53. The summed E-state index contributed by atoms with van der Waals surface area (Å²) in [7, 11) is 1.17. The first-order valence-corrected chi connectivity index (χ1v) is 6.31. The second kappa shape index (κ2) is 3.71. The molecule has 1 aromatic rings. The smallest absolute Gasteiger partial charge is 0.0388 e. The number of rotatable bonds is 1. The van der Waals surface area contributed by atoms with Gasteiger partial charge in [0.15, 0.2) is 0 Å². The third-order valence-corrected chi connectivity index (χ3v) is 4.22. The molecule has 0 aliphatic heterocycles. The van der Waals surface area contributed by atoms with Crippen molar-refractivity contribution in [2.45, 2.75) is 18.3 Å². The number of halogens is 1. The fourth-order valence-corrected chi connectivity index (χ4v) is 2.52. The molecule has 0 heterocycles. The van der Waals surface area contributed by atoms with E-state index in [0.717, 1.165) is 4.43 Å². The molecule has 0 aliphatic carbocycles. The van der Waals surface area contributed by atoms with Gasteiger partial charge in [-0.25, -0.2) is 0 Å². The zero-order valence-corrected chi connectivity index (χ0v) is 11.4. The van der Waals surface area contributed by atoms with Gasteiger partial charge in [-0.05, 0) is 30.5 Å². The van der Waals surface area contributed by atoms with Gasteiger partial charge in [-0.2, -0.15) is 0 Å². The molecule has 0 amide bonds. The van der Waals surface area contributed by atoms with Gasteiger partial charge in [0.05, 0.1) is 0 Å². The lowest BCUT2D eigenvalue weighted by molar-refractivity contribution is 1.28. The van der Waals surface area contributed by atoms with Gasteiger partial charge in [-0.1, -0.05) is 39.9 Å². The van der Waals surface area contributed by atoms with Crippen LogP contribution in [0.5, 0.6) is 0 Å². The van der Waals surface area contributed by atoms with E-state index in [1.165, 1.54) is 32.1 Å². The van der Waals surface area contributed by atoms with Crippen molar-refractivity contribution in [1.82, 2.24) is 0 Å². The Bertz CT molecular complexity index is 269. The van der Waals surface area contributed by atoms with Gasteiger partial charge in [0, 0.05) is 14.7 Å². The Morgan fingerprint density at radius 1 is 1.27 bits per heavy atom. The summed E-state index contributed by atoms with van der Waals surface area (Å²) in [6.07, 6.45) is 0. The molecular weight excluding hydrogens is 263 g/mol. The molecule has 0 unspecified atom stereocenters. The van der Waals surface area contributed by atoms with Gasteiger partial charge in [-0.15, -0.1) is 0 Å². The Balaban J connectivity index is 3.25. The maximum Gasteiger partial charge on any atom is 0.0388 e. The summed E-state index contributed by atoms with van der Waals surface area (Å²) in [5, 5.41) is 1.54. The Kier molecular flexibility index (Phi) is 3.13. The minimum Gasteiger partial charge on any atom is -0.0812 e. The normalized spacial score (nSPS) is 10.5. The van der Waals surface area contributed by atoms with Crippen LogP contribution in [0.4, 0.5) is 0 Å². The van der Waals surface area contributed by atoms with E-state index in [1.807, 2.05) is 0 Å². The van der Waals surface area contributed by atoms with E-state index in [4.69, 9.17) is 0 Å². The maximum atomic E-state index is 2.42. The number of alkyl halides is 1. The molecule has 0 atom stereocenters. The van der Waals surface area contributed by atoms with E-state index in [2.05, 4.69) is 48.6 Å². The van der Waals surface area contributed by atoms with E-state index in [0.29, 0.717) is 0 Å². The fourth-order valence-electron chi connectivity index (χ4n) is 1.16. The number of hydrogen-bond acceptors (Lipinski definition) is 0. The highest BCUT2D eigenvalue weighted by molar-refractivity contribution is 14.1. The predicted octanol–water partition coefficient (Wildman–Crippen LogP) is 1.23. The Hall–Kier alpha value is 0.167. The van der Waals surface area contributed by atoms with Crippen molar-refractivity contribution in [3.8, 4) is 0 Å². The quantitative estimate of drug-likeness (QED) is 0.411. The fraction of sp³-hybridized carbons (Fsp3) is 0.333. The minimum atomic E-state index is 1.13. The first kappa shape index (κ1) is 9.26. The Morgan fingerprint density at radius 3 is 2.45 bits per heavy atom. The molecule has 0 saturated heterocycles. The highest BCUT2D eigenvalue weighted by atomic mass is 127. The van der Waals surface area contributed by atoms with Gasteiger partial charge in [0.1, 0.15) is 0 Å². The maximum absolute atomic E-state index is 2.42. The van der Waals surface area contributed by atoms with Crippen LogP contribution < -0.4 is 5.19 Å². The van der Waals surface area contributed by atoms with E-state index >= 15 is 0 Å². The molecule has 11 heavy (non-hydrogen) atoms. The first-order chi connectivity index (χ1) is 5.16. The predicted molar refractivity (Wildman–Crippen MR) is 63.2 cm³/mol. The molecule has 0 spiro atoms. The average Bonchev–Trinajstić information content (AvgIpc) is 2.01. The Labute approximate surface area is 85.0 Å². The van der Waals surface area contributed by atoms with Crippen LogP contribution in [0.1, 0.15) is 16.7 Å². The number of benzene rings is 1. The van der Waals surface area contributed by atoms with Crippen molar-refractivity contribution in [3.05, 3.63) is 28.8 Å². The summed E-state index contributed by atoms with van der Waals surface area (Å²) in [4.78, 5) is 0. The van der Waals surface area contributed by atoms with Crippen LogP contribution in [0, 0.1) is 13.8 Å². The zero-order chi connectivity index (χ0) is 8.43. The van der Waals surface area contributed by atoms with Crippen LogP contribution in [0.2, 0.25) is 0 Å². The molecule has 0 saturated carbocycles. The van der Waals surface area contributed by atoms with Crippen molar-refractivity contribution in [2.75, 3.05) is 0 Å². The molecule has 0 nitrogen and oxygen atoms in total. The summed E-state index contributed by atoms with van der Waals surface area (Å²) in [5.41, 5.74) is 4.49. The average molecular weight is 276 g/mol. The van der Waals surface area contributed by atoms with Crippen LogP contribution in [-0.2, 0) is 4.43 Å². The van der Waals surface area contributed by atoms with Gasteiger partial charge in [-0.3, -0.25) is 0 Å². The van der Waals surface area contributed by atoms with Gasteiger partial charge in [0.25, 0.3) is 0 Å². The van der Waals surface area contributed by atoms with E-state index in [9.17, 15) is 0 Å². The van der Waals surface area contributed by atoms with Crippen LogP contribution in [0.15, 0.2) is 12.1 Å². The monoisotopic (exact) mass is 276 g/mol. The van der Waals surface area contributed by atoms with E-state index in [1.54, 1.807) is 0 Å². The molecule has 2 heteroatoms. The molecule has 1 rings (SSSR count). The van der Waals surface area contributed by atoms with E-state index in [-0.39, 0.29) is 0 Å². The highest BCUT2D eigenvalue weighted by Gasteiger charge is 2.00. The standard InChI is InChI=1S/C9H13ISi/c1-6-7(2)9(11)4-3-8(6)5-10/h3-4H,5H2,1-2,11H3. The van der Waals surface area contributed by atoms with Crippen molar-refractivity contribution in [2.24, 2.45) is 0 Å². The summed E-state index contributed by atoms with van der Waals surface area (Å²) in [6.45, 7) is 4.46. The van der Waals surface area contributed by atoms with Crippen molar-refractivity contribution < 1.29 is 0 Å². The van der Waals surface area contributed by atoms with Crippen LogP contribution >= 0.6 is 22.6 Å². The SMILES string of the molecule is Cc1c([SiH3])ccc(CI)c1C. The summed E-state index contributed by atoms with van der Waals surface area (Å²) < 4.78 is 1.13. The highest BCUT2D eigenvalue weighted by Crippen LogP contribution is 2.13. The van der Waals surface area contributed by atoms with Gasteiger partial charge in [0.2, 0.25) is 0 Å². The lowest BCUT2D eigenvalue weighted by atomic mass is 10.1. The van der Waals surface area contributed by atoms with Crippen molar-refractivity contribution in [3.63, 3.8) is 0 Å². The molecule has 0 fully saturated rings. The molecule has 0 N–H and O–H groups in total. The first-order valence-electron chi connectivity index (χ1n) is 3.78. The topological polar surface area (TPSA) is 0 Å². The van der Waals surface area contributed by atoms with E-state index < -0.39 is 0 Å². The summed E-state index contributed by atoms with van der Waals surface area (Å²) in [5.74, 6) is 0. The lowest BCUT2D eigenvalue weighted by Crippen LogP contribution is -2.09. The van der Waals surface area contributed by atoms with Crippen molar-refractivity contribution >= 4 is 38.0 Å². The van der Waals surface area contributed by atoms with Gasteiger partial charge >= 0.3 is 0 Å². The van der Waals surface area contributed by atoms with Crippen LogP contribution in [0.3, 0.4) is 0 Å². The molecule has 1 aromatic carbocycles. The minimum absolute atomic E-state index is 1.13. The summed E-state index contributed by atoms with van der Waals surface area (Å²) >= 11 is 2.42. The molecule has 0 aromatic heterocycles. The second-order valence-corrected chi connectivity index (χ2v) is 4.77. The molecule has 0 aliphatic rings. The van der Waals surface area contributed by atoms with Crippen LogP contribution in [-0.4, -0.2) is 10.2 Å². The molecule has 0 bridgehead atoms. The Morgan fingerprint density at radius 2 is 1.91 bits per heavy atom. The number of hydrogen-bond donors (Lipinski definition) is 0. The molecule has 0 radical (unpaired) electrons. The third-order valence-electron chi connectivity index (χ3n) is 2.31. The molecular formula is C9H13ISi. The lowest BCUT2D eigenvalue weighted by Gasteiger charge is -2.08. The van der Waals surface area contributed by atoms with Crippen LogP contribution in [0.25, 0.3) is 0 Å². The van der Waals surface area contributed by atoms with Crippen molar-refractivity contribution in [1.29, 1.82) is 0 Å².